The molecule has 5 rings (SSSR count). The van der Waals surface area contributed by atoms with Gasteiger partial charge in [-0.3, -0.25) is 29.6 Å². The van der Waals surface area contributed by atoms with Crippen molar-refractivity contribution in [3.63, 3.8) is 0 Å². The Morgan fingerprint density at radius 3 is 2.25 bits per heavy atom. The quantitative estimate of drug-likeness (QED) is 0.0440. The maximum atomic E-state index is 14.5. The van der Waals surface area contributed by atoms with Crippen LogP contribution in [0.15, 0.2) is 39.6 Å². The predicted molar refractivity (Wildman–Crippen MR) is 220 cm³/mol. The molecule has 0 saturated carbocycles. The summed E-state index contributed by atoms with van der Waals surface area (Å²) in [5.41, 5.74) is 0.674. The Hall–Kier alpha value is -5.63. The third kappa shape index (κ3) is 15.9. The average Bonchev–Trinajstić information content (AvgIpc) is 3.80. The molecule has 4 amide bonds. The van der Waals surface area contributed by atoms with Gasteiger partial charge in [-0.15, -0.1) is 11.3 Å². The van der Waals surface area contributed by atoms with Crippen LogP contribution in [-0.4, -0.2) is 112 Å². The molecular weight excluding hydrogens is 924 g/mol. The van der Waals surface area contributed by atoms with Crippen LogP contribution in [0.25, 0.3) is 0 Å². The summed E-state index contributed by atoms with van der Waals surface area (Å²) in [5.74, 6) is -4.95. The number of sulfonamides is 1. The Bertz CT molecular complexity index is 2370. The number of halogens is 2. The number of urea groups is 1. The molecule has 3 heterocycles. The fourth-order valence-corrected chi connectivity index (χ4v) is 8.13. The number of carboxylic acids is 2. The highest BCUT2D eigenvalue weighted by molar-refractivity contribution is 7.90. The lowest BCUT2D eigenvalue weighted by Crippen LogP contribution is -2.35. The van der Waals surface area contributed by atoms with Gasteiger partial charge in [0, 0.05) is 17.2 Å². The second kappa shape index (κ2) is 23.7. The minimum Gasteiger partial charge on any atom is -0.480 e. The molecule has 1 aromatic carbocycles. The first-order chi connectivity index (χ1) is 29.6. The molecule has 2 aromatic heterocycles. The number of carbonyl (C=O) groups excluding carboxylic acids is 4. The molecule has 0 spiro atoms. The first kappa shape index (κ1) is 51.7. The molecule has 23 nitrogen and oxygen atoms in total. The lowest BCUT2D eigenvalue weighted by Gasteiger charge is -2.18. The Balaban J connectivity index is 0.000000280. The van der Waals surface area contributed by atoms with Crippen molar-refractivity contribution in [2.45, 2.75) is 63.7 Å². The highest BCUT2D eigenvalue weighted by Gasteiger charge is 2.41. The largest absolute Gasteiger partial charge is 0.480 e. The van der Waals surface area contributed by atoms with Gasteiger partial charge in [-0.05, 0) is 56.5 Å². The van der Waals surface area contributed by atoms with Crippen molar-refractivity contribution in [3.05, 3.63) is 56.3 Å². The van der Waals surface area contributed by atoms with Crippen LogP contribution in [0.5, 0.6) is 11.8 Å². The normalized spacial score (nSPS) is 13.5. The molecular formula is C35H42ClFN7O16PS2. The van der Waals surface area contributed by atoms with Crippen LogP contribution >= 0.6 is 30.5 Å². The molecule has 344 valence electrons. The molecule has 0 saturated heterocycles. The number of nitrogens with zero attached hydrogens (tertiary/aromatic N) is 4. The number of imide groups is 1. The number of aliphatic carboxylic acids is 1. The summed E-state index contributed by atoms with van der Waals surface area (Å²) in [5, 5.41) is 22.3. The Morgan fingerprint density at radius 2 is 1.68 bits per heavy atom. The van der Waals surface area contributed by atoms with Gasteiger partial charge >= 0.3 is 37.5 Å². The number of amides is 4. The minimum atomic E-state index is -4.37. The number of anilines is 2. The second-order valence-corrected chi connectivity index (χ2v) is 17.5. The molecule has 0 atom stereocenters. The highest BCUT2D eigenvalue weighted by Crippen LogP contribution is 2.39. The molecule has 0 bridgehead atoms. The standard InChI is InChI=1S/C21H23ClFNO5.C11H11N5O6S2.C3H8NO5P/c1-2-3-6-9-28-19(25)12-29-18-11-17(16(23)10-15(18)22)24-20(26)13-7-4-5-8-14(13)21(24)27;1-5-12-9(15-11(13-5)22-2)14-10(19)16-24(20,21)6-3-4-23-7(6)8(17)18;5-3(6)1-4-2-10(7,8)9/h10-11H,2-9,12H2,1H3;3-4H,1-2H3,(H,17,18)(H2,12,13,14,15,16,19);4H,1-2H2,(H,5,6)(H2,7,8,9). The minimum absolute atomic E-state index is 0.000883. The maximum Gasteiger partial charge on any atom is 0.347 e. The fourth-order valence-electron chi connectivity index (χ4n) is 5.36. The number of methoxy groups -OCH3 is 1. The Kier molecular flexibility index (Phi) is 19.5. The number of carboxylic acid groups (broad SMARTS) is 2. The van der Waals surface area contributed by atoms with Gasteiger partial charge in [0.05, 0.1) is 37.3 Å². The first-order valence-corrected chi connectivity index (χ1v) is 22.9. The predicted octanol–water partition coefficient (Wildman–Crippen LogP) is 3.59. The molecule has 0 fully saturated rings. The Labute approximate surface area is 367 Å². The molecule has 2 aliphatic rings. The van der Waals surface area contributed by atoms with Crippen molar-refractivity contribution >= 4 is 87.9 Å². The van der Waals surface area contributed by atoms with Gasteiger partial charge in [0.2, 0.25) is 5.95 Å². The van der Waals surface area contributed by atoms with Crippen LogP contribution in [0.1, 0.15) is 67.4 Å². The van der Waals surface area contributed by atoms with E-state index in [4.69, 9.17) is 45.8 Å². The second-order valence-electron chi connectivity index (χ2n) is 12.9. The zero-order valence-corrected chi connectivity index (χ0v) is 36.9. The zero-order chi connectivity index (χ0) is 47.1. The van der Waals surface area contributed by atoms with Crippen molar-refractivity contribution in [1.82, 2.24) is 25.0 Å². The number of hydrogen-bond acceptors (Lipinski definition) is 17. The number of nitrogens with one attached hydrogen (secondary N) is 3. The third-order valence-electron chi connectivity index (χ3n) is 8.06. The number of ether oxygens (including phenoxy) is 3. The summed E-state index contributed by atoms with van der Waals surface area (Å²) in [6.45, 7) is 3.01. The SMILES string of the molecule is CCCCCOC(=O)COc1cc(N2C(=O)C3=C(CCCC3)C2=O)c(F)cc1Cl.COc1nc(C)nc(NC(=O)NS(=O)(=O)c2ccsc2C(=O)O)n1.O=C(O)CNCP(=O)(O)O. The first-order valence-electron chi connectivity index (χ1n) is 18.3. The van der Waals surface area contributed by atoms with Crippen LogP contribution < -0.4 is 29.7 Å². The summed E-state index contributed by atoms with van der Waals surface area (Å²) in [6, 6.07) is 2.00. The number of unbranched alkanes of at least 4 members (excludes halogenated alkanes) is 2. The van der Waals surface area contributed by atoms with E-state index in [1.807, 2.05) is 6.92 Å². The number of thiophene rings is 1. The Morgan fingerprint density at radius 1 is 1.03 bits per heavy atom. The van der Waals surface area contributed by atoms with Gasteiger partial charge in [0.15, 0.2) is 6.61 Å². The van der Waals surface area contributed by atoms with Crippen molar-refractivity contribution in [2.24, 2.45) is 0 Å². The van der Waals surface area contributed by atoms with Crippen LogP contribution in [-0.2, 0) is 38.5 Å². The molecule has 0 unspecified atom stereocenters. The lowest BCUT2D eigenvalue weighted by molar-refractivity contribution is -0.146. The van der Waals surface area contributed by atoms with Gasteiger partial charge in [-0.1, -0.05) is 31.4 Å². The summed E-state index contributed by atoms with van der Waals surface area (Å²) in [7, 11) is -7.16. The van der Waals surface area contributed by atoms with E-state index < -0.39 is 88.4 Å². The number of hydrogen-bond donors (Lipinski definition) is 7. The number of benzene rings is 1. The third-order valence-corrected chi connectivity index (χ3v) is 11.4. The van der Waals surface area contributed by atoms with Crippen LogP contribution in [0.3, 0.4) is 0 Å². The number of esters is 1. The molecule has 0 radical (unpaired) electrons. The number of carbonyl (C=O) groups is 6. The van der Waals surface area contributed by atoms with Gasteiger partial charge in [0.1, 0.15) is 27.2 Å². The number of aromatic nitrogens is 3. The summed E-state index contributed by atoms with van der Waals surface area (Å²) >= 11 is 6.74. The highest BCUT2D eigenvalue weighted by atomic mass is 35.5. The van der Waals surface area contributed by atoms with E-state index in [9.17, 15) is 46.1 Å². The van der Waals surface area contributed by atoms with E-state index >= 15 is 0 Å². The number of rotatable bonds is 17. The molecule has 1 aliphatic heterocycles. The van der Waals surface area contributed by atoms with E-state index in [0.717, 1.165) is 60.5 Å². The topological polar surface area (TPSA) is 340 Å². The monoisotopic (exact) mass is 965 g/mol. The van der Waals surface area contributed by atoms with Crippen molar-refractivity contribution in [3.8, 4) is 11.8 Å². The summed E-state index contributed by atoms with van der Waals surface area (Å²) in [6.07, 6.45) is 4.80. The average molecular weight is 966 g/mol. The molecule has 1 aliphatic carbocycles. The van der Waals surface area contributed by atoms with Gasteiger partial charge in [-0.2, -0.15) is 15.0 Å². The lowest BCUT2D eigenvalue weighted by atomic mass is 9.93. The van der Waals surface area contributed by atoms with Crippen molar-refractivity contribution < 1.29 is 80.4 Å². The molecule has 7 N–H and O–H groups in total. The smallest absolute Gasteiger partial charge is 0.347 e. The van der Waals surface area contributed by atoms with E-state index in [1.54, 1.807) is 4.72 Å². The van der Waals surface area contributed by atoms with Gasteiger partial charge in [-0.25, -0.2) is 36.8 Å². The van der Waals surface area contributed by atoms with Gasteiger partial charge < -0.3 is 34.2 Å². The van der Waals surface area contributed by atoms with E-state index in [-0.39, 0.29) is 34.2 Å². The fraction of sp³-hybridized carbons (Fsp3) is 0.400. The van der Waals surface area contributed by atoms with E-state index in [2.05, 4.69) is 25.6 Å². The zero-order valence-electron chi connectivity index (χ0n) is 33.6. The van der Waals surface area contributed by atoms with Crippen molar-refractivity contribution in [1.29, 1.82) is 0 Å². The molecule has 3 aromatic rings. The maximum absolute atomic E-state index is 14.5. The summed E-state index contributed by atoms with van der Waals surface area (Å²) < 4.78 is 65.7. The summed E-state index contributed by atoms with van der Waals surface area (Å²) in [4.78, 5) is 97.3. The van der Waals surface area contributed by atoms with Crippen LogP contribution in [0.4, 0.5) is 20.8 Å². The number of aryl methyl sites for hydroxylation is 1. The molecule has 28 heteroatoms. The number of aromatic carboxylic acids is 1. The van der Waals surface area contributed by atoms with Crippen LogP contribution in [0, 0.1) is 12.7 Å². The van der Waals surface area contributed by atoms with Crippen molar-refractivity contribution in [2.75, 3.05) is 43.4 Å². The van der Waals surface area contributed by atoms with E-state index in [1.165, 1.54) is 25.5 Å². The van der Waals surface area contributed by atoms with Gasteiger partial charge in [0.25, 0.3) is 21.8 Å². The van der Waals surface area contributed by atoms with E-state index in [0.29, 0.717) is 30.6 Å². The molecule has 63 heavy (non-hydrogen) atoms. The van der Waals surface area contributed by atoms with Crippen LogP contribution in [0.2, 0.25) is 5.02 Å².